The normalized spacial score (nSPS) is 16.4. The molecule has 0 aliphatic heterocycles. The molecule has 0 bridgehead atoms. The van der Waals surface area contributed by atoms with Crippen molar-refractivity contribution in [1.82, 2.24) is 14.9 Å². The zero-order chi connectivity index (χ0) is 14.9. The van der Waals surface area contributed by atoms with Gasteiger partial charge in [-0.15, -0.1) is 0 Å². The first-order valence-electron chi connectivity index (χ1n) is 7.92. The largest absolute Gasteiger partial charge is 0.311 e. The first kappa shape index (κ1) is 14.3. The van der Waals surface area contributed by atoms with Crippen LogP contribution in [0.1, 0.15) is 38.2 Å². The van der Waals surface area contributed by atoms with Gasteiger partial charge in [0, 0.05) is 18.8 Å². The SMILES string of the molecule is Cc1ncc(CNCC2(C(C)C)CC2)n1-c1ccccc1. The Labute approximate surface area is 127 Å². The summed E-state index contributed by atoms with van der Waals surface area (Å²) in [5.41, 5.74) is 2.97. The van der Waals surface area contributed by atoms with Gasteiger partial charge in [0.1, 0.15) is 5.82 Å². The predicted molar refractivity (Wildman–Crippen MR) is 86.5 cm³/mol. The van der Waals surface area contributed by atoms with Gasteiger partial charge < -0.3 is 5.32 Å². The van der Waals surface area contributed by atoms with Crippen molar-refractivity contribution in [3.05, 3.63) is 48.0 Å². The van der Waals surface area contributed by atoms with Gasteiger partial charge in [-0.05, 0) is 43.2 Å². The highest BCUT2D eigenvalue weighted by Crippen LogP contribution is 2.51. The van der Waals surface area contributed by atoms with Crippen molar-refractivity contribution in [3.63, 3.8) is 0 Å². The van der Waals surface area contributed by atoms with E-state index in [9.17, 15) is 0 Å². The van der Waals surface area contributed by atoms with Gasteiger partial charge in [0.15, 0.2) is 0 Å². The summed E-state index contributed by atoms with van der Waals surface area (Å²) < 4.78 is 2.24. The maximum absolute atomic E-state index is 4.48. The molecule has 1 N–H and O–H groups in total. The van der Waals surface area contributed by atoms with E-state index in [0.717, 1.165) is 24.8 Å². The molecule has 1 aliphatic carbocycles. The minimum atomic E-state index is 0.548. The van der Waals surface area contributed by atoms with E-state index in [0.29, 0.717) is 5.41 Å². The lowest BCUT2D eigenvalue weighted by Crippen LogP contribution is -2.28. The van der Waals surface area contributed by atoms with Crippen LogP contribution in [-0.2, 0) is 6.54 Å². The van der Waals surface area contributed by atoms with Crippen molar-refractivity contribution in [2.24, 2.45) is 11.3 Å². The Kier molecular flexibility index (Phi) is 3.85. The van der Waals surface area contributed by atoms with Crippen LogP contribution in [0, 0.1) is 18.3 Å². The highest BCUT2D eigenvalue weighted by Gasteiger charge is 2.44. The third kappa shape index (κ3) is 2.88. The van der Waals surface area contributed by atoms with E-state index < -0.39 is 0 Å². The van der Waals surface area contributed by atoms with Gasteiger partial charge in [-0.1, -0.05) is 32.0 Å². The van der Waals surface area contributed by atoms with Gasteiger partial charge in [-0.25, -0.2) is 4.98 Å². The molecule has 1 aromatic heterocycles. The summed E-state index contributed by atoms with van der Waals surface area (Å²) in [6, 6.07) is 10.5. The van der Waals surface area contributed by atoms with Crippen molar-refractivity contribution < 1.29 is 0 Å². The summed E-state index contributed by atoms with van der Waals surface area (Å²) in [5.74, 6) is 1.81. The third-order valence-electron chi connectivity index (χ3n) is 4.93. The van der Waals surface area contributed by atoms with Gasteiger partial charge in [0.2, 0.25) is 0 Å². The molecule has 0 unspecified atom stereocenters. The van der Waals surface area contributed by atoms with Crippen LogP contribution >= 0.6 is 0 Å². The summed E-state index contributed by atoms with van der Waals surface area (Å²) >= 11 is 0. The first-order valence-corrected chi connectivity index (χ1v) is 7.92. The topological polar surface area (TPSA) is 29.9 Å². The molecular formula is C18H25N3. The second kappa shape index (κ2) is 5.64. The van der Waals surface area contributed by atoms with Crippen molar-refractivity contribution in [3.8, 4) is 5.69 Å². The van der Waals surface area contributed by atoms with Crippen LogP contribution in [0.4, 0.5) is 0 Å². The lowest BCUT2D eigenvalue weighted by atomic mass is 9.92. The predicted octanol–water partition coefficient (Wildman–Crippen LogP) is 3.71. The van der Waals surface area contributed by atoms with Crippen LogP contribution in [0.3, 0.4) is 0 Å². The van der Waals surface area contributed by atoms with Crippen molar-refractivity contribution in [1.29, 1.82) is 0 Å². The maximum atomic E-state index is 4.48. The molecule has 1 saturated carbocycles. The number of aryl methyl sites for hydroxylation is 1. The van der Waals surface area contributed by atoms with Crippen LogP contribution in [0.15, 0.2) is 36.5 Å². The van der Waals surface area contributed by atoms with Crippen LogP contribution in [0.2, 0.25) is 0 Å². The molecule has 0 radical (unpaired) electrons. The van der Waals surface area contributed by atoms with Gasteiger partial charge in [0.05, 0.1) is 11.9 Å². The minimum Gasteiger partial charge on any atom is -0.311 e. The van der Waals surface area contributed by atoms with E-state index in [-0.39, 0.29) is 0 Å². The Morgan fingerprint density at radius 3 is 2.57 bits per heavy atom. The van der Waals surface area contributed by atoms with E-state index in [1.165, 1.54) is 24.2 Å². The second-order valence-corrected chi connectivity index (χ2v) is 6.59. The Bertz CT molecular complexity index is 594. The molecule has 0 spiro atoms. The van der Waals surface area contributed by atoms with Crippen LogP contribution in [-0.4, -0.2) is 16.1 Å². The van der Waals surface area contributed by atoms with Crippen molar-refractivity contribution in [2.75, 3.05) is 6.54 Å². The fourth-order valence-electron chi connectivity index (χ4n) is 3.10. The lowest BCUT2D eigenvalue weighted by molar-refractivity contribution is 0.337. The number of hydrogen-bond donors (Lipinski definition) is 1. The van der Waals surface area contributed by atoms with E-state index in [2.05, 4.69) is 59.9 Å². The van der Waals surface area contributed by atoms with Crippen LogP contribution < -0.4 is 5.32 Å². The van der Waals surface area contributed by atoms with Gasteiger partial charge >= 0.3 is 0 Å². The fraction of sp³-hybridized carbons (Fsp3) is 0.500. The third-order valence-corrected chi connectivity index (χ3v) is 4.93. The highest BCUT2D eigenvalue weighted by molar-refractivity contribution is 5.35. The number of nitrogens with one attached hydrogen (secondary N) is 1. The Balaban J connectivity index is 1.70. The minimum absolute atomic E-state index is 0.548. The summed E-state index contributed by atoms with van der Waals surface area (Å²) in [7, 11) is 0. The Morgan fingerprint density at radius 2 is 1.95 bits per heavy atom. The molecule has 0 atom stereocenters. The zero-order valence-electron chi connectivity index (χ0n) is 13.3. The van der Waals surface area contributed by atoms with E-state index in [1.807, 2.05) is 12.3 Å². The van der Waals surface area contributed by atoms with Gasteiger partial charge in [-0.2, -0.15) is 0 Å². The molecule has 112 valence electrons. The van der Waals surface area contributed by atoms with Gasteiger partial charge in [-0.3, -0.25) is 4.57 Å². The first-order chi connectivity index (χ1) is 10.1. The molecule has 0 saturated heterocycles. The maximum Gasteiger partial charge on any atom is 0.110 e. The van der Waals surface area contributed by atoms with Gasteiger partial charge in [0.25, 0.3) is 0 Å². The number of rotatable bonds is 6. The molecule has 1 aromatic carbocycles. The van der Waals surface area contributed by atoms with E-state index in [4.69, 9.17) is 0 Å². The molecule has 3 rings (SSSR count). The average Bonchev–Trinajstić information content (AvgIpc) is 3.19. The summed E-state index contributed by atoms with van der Waals surface area (Å²) in [6.07, 6.45) is 4.73. The van der Waals surface area contributed by atoms with Crippen molar-refractivity contribution >= 4 is 0 Å². The van der Waals surface area contributed by atoms with Crippen molar-refractivity contribution in [2.45, 2.75) is 40.2 Å². The molecule has 2 aromatic rings. The van der Waals surface area contributed by atoms with E-state index in [1.54, 1.807) is 0 Å². The second-order valence-electron chi connectivity index (χ2n) is 6.59. The van der Waals surface area contributed by atoms with E-state index >= 15 is 0 Å². The molecule has 0 amide bonds. The van der Waals surface area contributed by atoms with Crippen LogP contribution in [0.5, 0.6) is 0 Å². The number of imidazole rings is 1. The number of aromatic nitrogens is 2. The quantitative estimate of drug-likeness (QED) is 0.876. The Morgan fingerprint density at radius 1 is 1.24 bits per heavy atom. The molecule has 21 heavy (non-hydrogen) atoms. The lowest BCUT2D eigenvalue weighted by Gasteiger charge is -2.20. The molecular weight excluding hydrogens is 258 g/mol. The smallest absolute Gasteiger partial charge is 0.110 e. The Hall–Kier alpha value is -1.61. The molecule has 3 nitrogen and oxygen atoms in total. The molecule has 1 fully saturated rings. The molecule has 1 heterocycles. The number of para-hydroxylation sites is 1. The monoisotopic (exact) mass is 283 g/mol. The number of benzene rings is 1. The fourth-order valence-corrected chi connectivity index (χ4v) is 3.10. The average molecular weight is 283 g/mol. The standard InChI is InChI=1S/C18H25N3/c1-14(2)18(9-10-18)13-19-11-17-12-20-15(3)21(17)16-7-5-4-6-8-16/h4-8,12,14,19H,9-11,13H2,1-3H3. The van der Waals surface area contributed by atoms with Crippen LogP contribution in [0.25, 0.3) is 5.69 Å². The molecule has 3 heteroatoms. The number of hydrogen-bond acceptors (Lipinski definition) is 2. The molecule has 1 aliphatic rings. The summed E-state index contributed by atoms with van der Waals surface area (Å²) in [6.45, 7) is 8.74. The number of nitrogens with zero attached hydrogens (tertiary/aromatic N) is 2. The summed E-state index contributed by atoms with van der Waals surface area (Å²) in [4.78, 5) is 4.48. The summed E-state index contributed by atoms with van der Waals surface area (Å²) in [5, 5.41) is 3.65. The highest BCUT2D eigenvalue weighted by atomic mass is 15.1. The zero-order valence-corrected chi connectivity index (χ0v) is 13.3.